The minimum Gasteiger partial charge on any atom is -0.333 e. The number of carbonyl (C=O) groups is 2. The monoisotopic (exact) mass is 378 g/mol. The maximum atomic E-state index is 12.5. The molecular weight excluding hydrogens is 359 g/mol. The lowest BCUT2D eigenvalue weighted by atomic mass is 10.1. The smallest absolute Gasteiger partial charge is 0.244 e. The molecule has 25 heavy (non-hydrogen) atoms. The quantitative estimate of drug-likeness (QED) is 0.775. The van der Waals surface area contributed by atoms with Crippen LogP contribution in [0.25, 0.3) is 0 Å². The van der Waals surface area contributed by atoms with Gasteiger partial charge in [0.1, 0.15) is 0 Å². The average molecular weight is 379 g/mol. The van der Waals surface area contributed by atoms with Gasteiger partial charge in [-0.1, -0.05) is 60.5 Å². The van der Waals surface area contributed by atoms with Crippen LogP contribution in [0.2, 0.25) is 10.0 Å². The molecule has 0 aliphatic carbocycles. The molecule has 0 unspecified atom stereocenters. The molecule has 6 heteroatoms. The third kappa shape index (κ3) is 6.07. The number of anilines is 1. The Kier molecular flexibility index (Phi) is 7.29. The van der Waals surface area contributed by atoms with E-state index in [0.717, 1.165) is 12.0 Å². The Balaban J connectivity index is 1.99. The van der Waals surface area contributed by atoms with Gasteiger partial charge < -0.3 is 10.2 Å². The molecule has 0 aliphatic heterocycles. The largest absolute Gasteiger partial charge is 0.333 e. The predicted octanol–water partition coefficient (Wildman–Crippen LogP) is 4.41. The standard InChI is InChI=1S/C19H20Cl2N2O2/c1-2-10-23(19(25)11-14-6-4-3-5-7-14)13-18(24)22-17-9-8-15(20)12-16(17)21/h3-9,12H,2,10-11,13H2,1H3,(H,22,24). The molecule has 0 atom stereocenters. The van der Waals surface area contributed by atoms with Crippen LogP contribution in [0.5, 0.6) is 0 Å². The lowest BCUT2D eigenvalue weighted by Gasteiger charge is -2.22. The number of nitrogens with zero attached hydrogens (tertiary/aromatic N) is 1. The average Bonchev–Trinajstić information content (AvgIpc) is 2.58. The fourth-order valence-electron chi connectivity index (χ4n) is 2.40. The van der Waals surface area contributed by atoms with Gasteiger partial charge in [0.05, 0.1) is 23.7 Å². The molecule has 0 saturated heterocycles. The summed E-state index contributed by atoms with van der Waals surface area (Å²) >= 11 is 11.9. The molecule has 0 bridgehead atoms. The summed E-state index contributed by atoms with van der Waals surface area (Å²) in [4.78, 5) is 26.4. The summed E-state index contributed by atoms with van der Waals surface area (Å²) in [6.45, 7) is 2.47. The first-order chi connectivity index (χ1) is 12.0. The van der Waals surface area contributed by atoms with Gasteiger partial charge in [-0.05, 0) is 30.2 Å². The molecule has 4 nitrogen and oxygen atoms in total. The van der Waals surface area contributed by atoms with Gasteiger partial charge in [-0.3, -0.25) is 9.59 Å². The Morgan fingerprint density at radius 1 is 1.08 bits per heavy atom. The predicted molar refractivity (Wildman–Crippen MR) is 102 cm³/mol. The van der Waals surface area contributed by atoms with Crippen molar-refractivity contribution < 1.29 is 9.59 Å². The van der Waals surface area contributed by atoms with E-state index in [9.17, 15) is 9.59 Å². The van der Waals surface area contributed by atoms with E-state index in [1.165, 1.54) is 0 Å². The Hall–Kier alpha value is -2.04. The molecule has 2 amide bonds. The van der Waals surface area contributed by atoms with E-state index in [2.05, 4.69) is 5.32 Å². The van der Waals surface area contributed by atoms with Crippen molar-refractivity contribution in [2.45, 2.75) is 19.8 Å². The van der Waals surface area contributed by atoms with Crippen LogP contribution in [0, 0.1) is 0 Å². The lowest BCUT2D eigenvalue weighted by molar-refractivity contribution is -0.134. The first kappa shape index (κ1) is 19.3. The summed E-state index contributed by atoms with van der Waals surface area (Å²) in [5.74, 6) is -0.371. The summed E-state index contributed by atoms with van der Waals surface area (Å²) in [5.41, 5.74) is 1.40. The highest BCUT2D eigenvalue weighted by molar-refractivity contribution is 6.36. The minimum absolute atomic E-state index is 0.0154. The zero-order valence-electron chi connectivity index (χ0n) is 14.0. The second-order valence-electron chi connectivity index (χ2n) is 5.65. The summed E-state index contributed by atoms with van der Waals surface area (Å²) in [7, 11) is 0. The number of halogens is 2. The van der Waals surface area contributed by atoms with Crippen molar-refractivity contribution in [1.29, 1.82) is 0 Å². The zero-order valence-corrected chi connectivity index (χ0v) is 15.5. The molecule has 0 aliphatic rings. The van der Waals surface area contributed by atoms with Crippen LogP contribution in [0.4, 0.5) is 5.69 Å². The van der Waals surface area contributed by atoms with Crippen LogP contribution >= 0.6 is 23.2 Å². The highest BCUT2D eigenvalue weighted by Crippen LogP contribution is 2.25. The molecule has 1 N–H and O–H groups in total. The second-order valence-corrected chi connectivity index (χ2v) is 6.49. The highest BCUT2D eigenvalue weighted by atomic mass is 35.5. The van der Waals surface area contributed by atoms with Gasteiger partial charge in [0.25, 0.3) is 0 Å². The number of benzene rings is 2. The Morgan fingerprint density at radius 2 is 1.80 bits per heavy atom. The number of carbonyl (C=O) groups excluding carboxylic acids is 2. The van der Waals surface area contributed by atoms with E-state index in [1.807, 2.05) is 37.3 Å². The van der Waals surface area contributed by atoms with Crippen LogP contribution in [0.15, 0.2) is 48.5 Å². The topological polar surface area (TPSA) is 49.4 Å². The third-order valence-corrected chi connectivity index (χ3v) is 4.13. The van der Waals surface area contributed by atoms with E-state index in [0.29, 0.717) is 22.3 Å². The van der Waals surface area contributed by atoms with Crippen molar-refractivity contribution in [1.82, 2.24) is 4.90 Å². The molecule has 132 valence electrons. The fraction of sp³-hybridized carbons (Fsp3) is 0.263. The zero-order chi connectivity index (χ0) is 18.2. The molecule has 0 radical (unpaired) electrons. The van der Waals surface area contributed by atoms with Crippen LogP contribution in [0.3, 0.4) is 0 Å². The maximum Gasteiger partial charge on any atom is 0.244 e. The Labute approximate surface area is 157 Å². The van der Waals surface area contributed by atoms with Crippen LogP contribution in [0.1, 0.15) is 18.9 Å². The first-order valence-electron chi connectivity index (χ1n) is 8.06. The normalized spacial score (nSPS) is 10.4. The SMILES string of the molecule is CCCN(CC(=O)Nc1ccc(Cl)cc1Cl)C(=O)Cc1ccccc1. The van der Waals surface area contributed by atoms with E-state index in [-0.39, 0.29) is 24.8 Å². The summed E-state index contributed by atoms with van der Waals surface area (Å²) in [6.07, 6.45) is 1.05. The van der Waals surface area contributed by atoms with E-state index >= 15 is 0 Å². The van der Waals surface area contributed by atoms with Crippen LogP contribution in [-0.2, 0) is 16.0 Å². The van der Waals surface area contributed by atoms with Gasteiger partial charge in [0.2, 0.25) is 11.8 Å². The summed E-state index contributed by atoms with van der Waals surface area (Å²) in [6, 6.07) is 14.3. The van der Waals surface area contributed by atoms with Crippen molar-refractivity contribution in [2.75, 3.05) is 18.4 Å². The molecule has 0 fully saturated rings. The molecule has 2 rings (SSSR count). The van der Waals surface area contributed by atoms with E-state index in [1.54, 1.807) is 23.1 Å². The van der Waals surface area contributed by atoms with Gasteiger partial charge in [0, 0.05) is 11.6 Å². The van der Waals surface area contributed by atoms with E-state index in [4.69, 9.17) is 23.2 Å². The van der Waals surface area contributed by atoms with Crippen LogP contribution in [-0.4, -0.2) is 29.8 Å². The third-order valence-electron chi connectivity index (χ3n) is 3.58. The van der Waals surface area contributed by atoms with Crippen molar-refractivity contribution in [3.05, 3.63) is 64.1 Å². The van der Waals surface area contributed by atoms with Gasteiger partial charge in [-0.25, -0.2) is 0 Å². The van der Waals surface area contributed by atoms with Gasteiger partial charge >= 0.3 is 0 Å². The fourth-order valence-corrected chi connectivity index (χ4v) is 2.85. The molecule has 0 heterocycles. The number of hydrogen-bond donors (Lipinski definition) is 1. The van der Waals surface area contributed by atoms with E-state index < -0.39 is 0 Å². The number of nitrogens with one attached hydrogen (secondary N) is 1. The minimum atomic E-state index is -0.293. The van der Waals surface area contributed by atoms with Crippen molar-refractivity contribution in [3.63, 3.8) is 0 Å². The van der Waals surface area contributed by atoms with Crippen molar-refractivity contribution >= 4 is 40.7 Å². The summed E-state index contributed by atoms with van der Waals surface area (Å²) in [5, 5.41) is 3.58. The van der Waals surface area contributed by atoms with Gasteiger partial charge in [0.15, 0.2) is 0 Å². The molecule has 2 aromatic carbocycles. The molecule has 0 aromatic heterocycles. The number of rotatable bonds is 7. The van der Waals surface area contributed by atoms with Crippen LogP contribution < -0.4 is 5.32 Å². The molecule has 0 saturated carbocycles. The highest BCUT2D eigenvalue weighted by Gasteiger charge is 2.17. The second kappa shape index (κ2) is 9.44. The number of amides is 2. The molecule has 0 spiro atoms. The maximum absolute atomic E-state index is 12.5. The number of hydrogen-bond acceptors (Lipinski definition) is 2. The molecular formula is C19H20Cl2N2O2. The van der Waals surface area contributed by atoms with Crippen molar-refractivity contribution in [2.24, 2.45) is 0 Å². The van der Waals surface area contributed by atoms with Gasteiger partial charge in [-0.2, -0.15) is 0 Å². The van der Waals surface area contributed by atoms with Crippen molar-refractivity contribution in [3.8, 4) is 0 Å². The Bertz CT molecular complexity index is 735. The molecule has 2 aromatic rings. The van der Waals surface area contributed by atoms with Gasteiger partial charge in [-0.15, -0.1) is 0 Å². The first-order valence-corrected chi connectivity index (χ1v) is 8.81. The summed E-state index contributed by atoms with van der Waals surface area (Å²) < 4.78 is 0. The Morgan fingerprint density at radius 3 is 2.44 bits per heavy atom. The lowest BCUT2D eigenvalue weighted by Crippen LogP contribution is -2.39.